The highest BCUT2D eigenvalue weighted by Gasteiger charge is 2.41. The summed E-state index contributed by atoms with van der Waals surface area (Å²) in [6.45, 7) is 3.30. The third-order valence-corrected chi connectivity index (χ3v) is 3.36. The van der Waals surface area contributed by atoms with Gasteiger partial charge in [0.1, 0.15) is 6.10 Å². The van der Waals surface area contributed by atoms with Crippen molar-refractivity contribution in [3.05, 3.63) is 35.9 Å². The lowest BCUT2D eigenvalue weighted by atomic mass is 9.88. The van der Waals surface area contributed by atoms with Gasteiger partial charge in [-0.3, -0.25) is 0 Å². The Morgan fingerprint density at radius 3 is 2.67 bits per heavy atom. The van der Waals surface area contributed by atoms with Gasteiger partial charge in [0.15, 0.2) is 0 Å². The molecule has 18 heavy (non-hydrogen) atoms. The van der Waals surface area contributed by atoms with Gasteiger partial charge in [0.25, 0.3) is 0 Å². The zero-order valence-corrected chi connectivity index (χ0v) is 10.9. The Bertz CT molecular complexity index is 339. The van der Waals surface area contributed by atoms with Gasteiger partial charge in [-0.05, 0) is 25.3 Å². The molecule has 1 aromatic rings. The van der Waals surface area contributed by atoms with E-state index in [1.54, 1.807) is 0 Å². The summed E-state index contributed by atoms with van der Waals surface area (Å²) >= 11 is 0. The molecule has 1 aliphatic rings. The van der Waals surface area contributed by atoms with Crippen molar-refractivity contribution in [1.82, 2.24) is 0 Å². The van der Waals surface area contributed by atoms with Crippen LogP contribution in [-0.4, -0.2) is 36.6 Å². The molecule has 0 heterocycles. The van der Waals surface area contributed by atoms with Crippen LogP contribution >= 0.6 is 0 Å². The molecule has 0 radical (unpaired) electrons. The fourth-order valence-corrected chi connectivity index (χ4v) is 2.29. The van der Waals surface area contributed by atoms with E-state index in [4.69, 9.17) is 9.47 Å². The Morgan fingerprint density at radius 1 is 1.22 bits per heavy atom. The number of ether oxygens (including phenoxy) is 2. The Hall–Kier alpha value is -0.900. The van der Waals surface area contributed by atoms with Gasteiger partial charge in [0, 0.05) is 19.6 Å². The highest BCUT2D eigenvalue weighted by atomic mass is 16.6. The maximum atomic E-state index is 9.54. The zero-order chi connectivity index (χ0) is 12.8. The number of aliphatic hydroxyl groups excluding tert-OH is 1. The van der Waals surface area contributed by atoms with Gasteiger partial charge in [-0.25, -0.2) is 0 Å². The summed E-state index contributed by atoms with van der Waals surface area (Å²) in [6, 6.07) is 10.4. The molecular formula is C15H22O3. The molecule has 0 saturated heterocycles. The number of hydrogen-bond donors (Lipinski definition) is 1. The third kappa shape index (κ3) is 3.55. The first-order chi connectivity index (χ1) is 8.81. The summed E-state index contributed by atoms with van der Waals surface area (Å²) in [4.78, 5) is 0. The van der Waals surface area contributed by atoms with E-state index in [0.717, 1.165) is 19.4 Å². The Morgan fingerprint density at radius 2 is 2.00 bits per heavy atom. The first-order valence-electron chi connectivity index (χ1n) is 6.76. The van der Waals surface area contributed by atoms with Gasteiger partial charge in [0.05, 0.1) is 12.2 Å². The van der Waals surface area contributed by atoms with E-state index in [0.29, 0.717) is 13.0 Å². The Balaban J connectivity index is 1.61. The highest BCUT2D eigenvalue weighted by Crippen LogP contribution is 2.27. The molecule has 3 nitrogen and oxygen atoms in total. The van der Waals surface area contributed by atoms with E-state index < -0.39 is 0 Å². The van der Waals surface area contributed by atoms with Crippen molar-refractivity contribution >= 4 is 0 Å². The zero-order valence-electron chi connectivity index (χ0n) is 10.9. The summed E-state index contributed by atoms with van der Waals surface area (Å²) in [7, 11) is 0. The van der Waals surface area contributed by atoms with Crippen LogP contribution in [0.1, 0.15) is 25.3 Å². The van der Waals surface area contributed by atoms with Crippen molar-refractivity contribution in [2.24, 2.45) is 0 Å². The minimum atomic E-state index is -0.343. The van der Waals surface area contributed by atoms with Crippen molar-refractivity contribution in [1.29, 1.82) is 0 Å². The highest BCUT2D eigenvalue weighted by molar-refractivity contribution is 5.14. The fourth-order valence-electron chi connectivity index (χ4n) is 2.29. The van der Waals surface area contributed by atoms with Gasteiger partial charge in [0.2, 0.25) is 0 Å². The summed E-state index contributed by atoms with van der Waals surface area (Å²) in [6.07, 6.45) is 2.37. The molecule has 100 valence electrons. The smallest absolute Gasteiger partial charge is 0.110 e. The number of rotatable bonds is 7. The molecule has 1 aliphatic carbocycles. The first kappa shape index (κ1) is 13.5. The molecule has 2 rings (SSSR count). The van der Waals surface area contributed by atoms with Crippen LogP contribution < -0.4 is 0 Å². The molecule has 3 unspecified atom stereocenters. The maximum absolute atomic E-state index is 9.54. The number of aliphatic hydroxyl groups is 1. The summed E-state index contributed by atoms with van der Waals surface area (Å²) in [5.74, 6) is 0. The largest absolute Gasteiger partial charge is 0.390 e. The van der Waals surface area contributed by atoms with E-state index in [9.17, 15) is 5.11 Å². The van der Waals surface area contributed by atoms with Crippen LogP contribution in [0.3, 0.4) is 0 Å². The lowest BCUT2D eigenvalue weighted by molar-refractivity contribution is -0.190. The van der Waals surface area contributed by atoms with Gasteiger partial charge in [-0.2, -0.15) is 0 Å². The topological polar surface area (TPSA) is 38.7 Å². The van der Waals surface area contributed by atoms with Crippen LogP contribution in [0, 0.1) is 0 Å². The molecule has 1 saturated carbocycles. The lowest BCUT2D eigenvalue weighted by Gasteiger charge is -2.40. The average molecular weight is 250 g/mol. The minimum Gasteiger partial charge on any atom is -0.390 e. The SMILES string of the molecule is CCOC1C(O)CC1OCCCc1ccccc1. The van der Waals surface area contributed by atoms with Gasteiger partial charge < -0.3 is 14.6 Å². The van der Waals surface area contributed by atoms with Gasteiger partial charge in [-0.15, -0.1) is 0 Å². The van der Waals surface area contributed by atoms with E-state index in [2.05, 4.69) is 24.3 Å². The average Bonchev–Trinajstić information content (AvgIpc) is 2.41. The van der Waals surface area contributed by atoms with Crippen molar-refractivity contribution in [2.75, 3.05) is 13.2 Å². The quantitative estimate of drug-likeness (QED) is 0.754. The van der Waals surface area contributed by atoms with Crippen molar-refractivity contribution in [3.63, 3.8) is 0 Å². The molecule has 0 bridgehead atoms. The lowest BCUT2D eigenvalue weighted by Crippen LogP contribution is -2.53. The van der Waals surface area contributed by atoms with Gasteiger partial charge >= 0.3 is 0 Å². The molecule has 0 aromatic heterocycles. The first-order valence-corrected chi connectivity index (χ1v) is 6.76. The molecule has 0 spiro atoms. The summed E-state index contributed by atoms with van der Waals surface area (Å²) in [5.41, 5.74) is 1.34. The van der Waals surface area contributed by atoms with Crippen LogP contribution in [0.4, 0.5) is 0 Å². The number of hydrogen-bond acceptors (Lipinski definition) is 3. The normalized spacial score (nSPS) is 26.9. The minimum absolute atomic E-state index is 0.0794. The van der Waals surface area contributed by atoms with Crippen LogP contribution in [0.5, 0.6) is 0 Å². The van der Waals surface area contributed by atoms with Crippen molar-refractivity contribution < 1.29 is 14.6 Å². The predicted octanol–water partition coefficient (Wildman–Crippen LogP) is 2.17. The third-order valence-electron chi connectivity index (χ3n) is 3.36. The number of benzene rings is 1. The van der Waals surface area contributed by atoms with Crippen LogP contribution in [-0.2, 0) is 15.9 Å². The maximum Gasteiger partial charge on any atom is 0.110 e. The molecule has 1 fully saturated rings. The molecule has 0 aliphatic heterocycles. The van der Waals surface area contributed by atoms with Gasteiger partial charge in [-0.1, -0.05) is 30.3 Å². The molecule has 1 N–H and O–H groups in total. The monoisotopic (exact) mass is 250 g/mol. The van der Waals surface area contributed by atoms with E-state index in [-0.39, 0.29) is 18.3 Å². The second kappa shape index (κ2) is 6.88. The van der Waals surface area contributed by atoms with E-state index in [1.807, 2.05) is 13.0 Å². The Labute approximate surface area is 109 Å². The Kier molecular flexibility index (Phi) is 5.17. The molecule has 0 amide bonds. The summed E-state index contributed by atoms with van der Waals surface area (Å²) in [5, 5.41) is 9.54. The van der Waals surface area contributed by atoms with Crippen molar-refractivity contribution in [2.45, 2.75) is 44.5 Å². The summed E-state index contributed by atoms with van der Waals surface area (Å²) < 4.78 is 11.2. The molecule has 3 atom stereocenters. The standard InChI is InChI=1S/C15H22O3/c1-2-17-15-13(16)11-14(15)18-10-6-9-12-7-4-3-5-8-12/h3-5,7-8,13-16H,2,6,9-11H2,1H3. The molecular weight excluding hydrogens is 228 g/mol. The fraction of sp³-hybridized carbons (Fsp3) is 0.600. The second-order valence-corrected chi connectivity index (χ2v) is 4.72. The van der Waals surface area contributed by atoms with Crippen molar-refractivity contribution in [3.8, 4) is 0 Å². The van der Waals surface area contributed by atoms with Crippen LogP contribution in [0.2, 0.25) is 0 Å². The second-order valence-electron chi connectivity index (χ2n) is 4.72. The molecule has 1 aromatic carbocycles. The molecule has 3 heteroatoms. The predicted molar refractivity (Wildman–Crippen MR) is 70.5 cm³/mol. The van der Waals surface area contributed by atoms with Crippen LogP contribution in [0.15, 0.2) is 30.3 Å². The van der Waals surface area contributed by atoms with E-state index >= 15 is 0 Å². The van der Waals surface area contributed by atoms with E-state index in [1.165, 1.54) is 5.56 Å². The number of aryl methyl sites for hydroxylation is 1. The van der Waals surface area contributed by atoms with Crippen LogP contribution in [0.25, 0.3) is 0 Å².